The number of benzene rings is 2. The van der Waals surface area contributed by atoms with Gasteiger partial charge >= 0.3 is 6.09 Å². The van der Waals surface area contributed by atoms with E-state index in [1.54, 1.807) is 4.90 Å². The molecule has 2 aromatic carbocycles. The Hall–Kier alpha value is -2.82. The van der Waals surface area contributed by atoms with Crippen molar-refractivity contribution in [2.45, 2.75) is 51.7 Å². The lowest BCUT2D eigenvalue weighted by molar-refractivity contribution is -0.125. The van der Waals surface area contributed by atoms with Gasteiger partial charge in [0.25, 0.3) is 0 Å². The number of para-hydroxylation sites is 1. The monoisotopic (exact) mass is 380 g/mol. The summed E-state index contributed by atoms with van der Waals surface area (Å²) in [7, 11) is 0. The highest BCUT2D eigenvalue weighted by atomic mass is 16.6. The molecule has 1 atom stereocenters. The SMILES string of the molecule is CC(C)(C)OC(=O)N1CCC[C@@]1(C)C(=O)Nc1ccccc1-c1ccccc1. The van der Waals surface area contributed by atoms with E-state index in [0.29, 0.717) is 13.0 Å². The van der Waals surface area contributed by atoms with Crippen molar-refractivity contribution in [3.63, 3.8) is 0 Å². The van der Waals surface area contributed by atoms with Crippen molar-refractivity contribution in [2.75, 3.05) is 11.9 Å². The molecule has 0 aliphatic carbocycles. The lowest BCUT2D eigenvalue weighted by atomic mass is 9.97. The molecular formula is C23H28N2O3. The van der Waals surface area contributed by atoms with Crippen LogP contribution in [0.2, 0.25) is 0 Å². The minimum Gasteiger partial charge on any atom is -0.444 e. The van der Waals surface area contributed by atoms with E-state index in [1.807, 2.05) is 82.3 Å². The molecule has 1 fully saturated rings. The molecule has 0 unspecified atom stereocenters. The summed E-state index contributed by atoms with van der Waals surface area (Å²) in [6.45, 7) is 7.81. The van der Waals surface area contributed by atoms with Gasteiger partial charge in [0, 0.05) is 17.8 Å². The molecule has 0 spiro atoms. The topological polar surface area (TPSA) is 58.6 Å². The fourth-order valence-corrected chi connectivity index (χ4v) is 3.53. The molecule has 1 N–H and O–H groups in total. The van der Waals surface area contributed by atoms with Gasteiger partial charge in [0.2, 0.25) is 5.91 Å². The summed E-state index contributed by atoms with van der Waals surface area (Å²) in [6.07, 6.45) is 0.925. The van der Waals surface area contributed by atoms with E-state index in [1.165, 1.54) is 0 Å². The highest BCUT2D eigenvalue weighted by molar-refractivity contribution is 6.02. The third-order valence-electron chi connectivity index (χ3n) is 5.00. The molecule has 2 aromatic rings. The Balaban J connectivity index is 1.84. The van der Waals surface area contributed by atoms with E-state index >= 15 is 0 Å². The van der Waals surface area contributed by atoms with Crippen molar-refractivity contribution in [1.82, 2.24) is 4.90 Å². The zero-order chi connectivity index (χ0) is 20.4. The molecule has 0 aromatic heterocycles. The third kappa shape index (κ3) is 4.19. The number of nitrogens with one attached hydrogen (secondary N) is 1. The van der Waals surface area contributed by atoms with Gasteiger partial charge in [-0.25, -0.2) is 4.79 Å². The number of rotatable bonds is 3. The van der Waals surface area contributed by atoms with Crippen molar-refractivity contribution in [3.8, 4) is 11.1 Å². The van der Waals surface area contributed by atoms with Crippen LogP contribution in [0.4, 0.5) is 10.5 Å². The molecule has 0 radical (unpaired) electrons. The lowest BCUT2D eigenvalue weighted by Gasteiger charge is -2.35. The molecule has 5 nitrogen and oxygen atoms in total. The lowest BCUT2D eigenvalue weighted by Crippen LogP contribution is -2.54. The zero-order valence-electron chi connectivity index (χ0n) is 17.0. The van der Waals surface area contributed by atoms with E-state index in [4.69, 9.17) is 4.74 Å². The summed E-state index contributed by atoms with van der Waals surface area (Å²) in [4.78, 5) is 27.4. The van der Waals surface area contributed by atoms with Crippen LogP contribution < -0.4 is 5.32 Å². The van der Waals surface area contributed by atoms with Crippen LogP contribution in [0.3, 0.4) is 0 Å². The van der Waals surface area contributed by atoms with Crippen LogP contribution in [0.15, 0.2) is 54.6 Å². The standard InChI is InChI=1S/C23H28N2O3/c1-22(2,3)28-21(27)25-16-10-15-23(25,4)20(26)24-19-14-9-8-13-18(19)17-11-6-5-7-12-17/h5-9,11-14H,10,15-16H2,1-4H3,(H,24,26)/t23-/m0/s1. The first-order valence-corrected chi connectivity index (χ1v) is 9.67. The Bertz CT molecular complexity index is 858. The molecule has 3 rings (SSSR count). The minimum absolute atomic E-state index is 0.195. The molecule has 148 valence electrons. The summed E-state index contributed by atoms with van der Waals surface area (Å²) in [5, 5.41) is 3.05. The average molecular weight is 380 g/mol. The molecule has 5 heteroatoms. The van der Waals surface area contributed by atoms with Gasteiger partial charge in [0.15, 0.2) is 0 Å². The number of anilines is 1. The van der Waals surface area contributed by atoms with Gasteiger partial charge in [-0.05, 0) is 52.2 Å². The summed E-state index contributed by atoms with van der Waals surface area (Å²) >= 11 is 0. The normalized spacial score (nSPS) is 19.4. The van der Waals surface area contributed by atoms with Gasteiger partial charge in [-0.15, -0.1) is 0 Å². The maximum atomic E-state index is 13.2. The maximum absolute atomic E-state index is 13.2. The molecule has 1 saturated heterocycles. The van der Waals surface area contributed by atoms with Gasteiger partial charge < -0.3 is 10.1 Å². The van der Waals surface area contributed by atoms with Crippen LogP contribution in [0.5, 0.6) is 0 Å². The van der Waals surface area contributed by atoms with E-state index < -0.39 is 17.2 Å². The van der Waals surface area contributed by atoms with Crippen LogP contribution in [0, 0.1) is 0 Å². The van der Waals surface area contributed by atoms with E-state index in [0.717, 1.165) is 23.2 Å². The molecular weight excluding hydrogens is 352 g/mol. The van der Waals surface area contributed by atoms with Crippen molar-refractivity contribution < 1.29 is 14.3 Å². The molecule has 28 heavy (non-hydrogen) atoms. The van der Waals surface area contributed by atoms with Crippen molar-refractivity contribution in [3.05, 3.63) is 54.6 Å². The van der Waals surface area contributed by atoms with Crippen molar-refractivity contribution in [2.24, 2.45) is 0 Å². The number of ether oxygens (including phenoxy) is 1. The first kappa shape index (κ1) is 19.9. The van der Waals surface area contributed by atoms with Gasteiger partial charge in [-0.3, -0.25) is 9.69 Å². The first-order chi connectivity index (χ1) is 13.2. The van der Waals surface area contributed by atoms with E-state index in [2.05, 4.69) is 5.32 Å². The summed E-state index contributed by atoms with van der Waals surface area (Å²) in [6, 6.07) is 17.6. The Morgan fingerprint density at radius 1 is 1.04 bits per heavy atom. The van der Waals surface area contributed by atoms with Crippen LogP contribution in [-0.4, -0.2) is 34.6 Å². The second-order valence-corrected chi connectivity index (χ2v) is 8.38. The van der Waals surface area contributed by atoms with Gasteiger partial charge in [-0.1, -0.05) is 48.5 Å². The minimum atomic E-state index is -0.938. The maximum Gasteiger partial charge on any atom is 0.411 e. The van der Waals surface area contributed by atoms with Gasteiger partial charge in [0.05, 0.1) is 0 Å². The number of hydrogen-bond donors (Lipinski definition) is 1. The molecule has 0 saturated carbocycles. The number of carbonyl (C=O) groups excluding carboxylic acids is 2. The Morgan fingerprint density at radius 2 is 1.68 bits per heavy atom. The van der Waals surface area contributed by atoms with Crippen LogP contribution >= 0.6 is 0 Å². The fraction of sp³-hybridized carbons (Fsp3) is 0.391. The fourth-order valence-electron chi connectivity index (χ4n) is 3.53. The predicted octanol–water partition coefficient (Wildman–Crippen LogP) is 5.08. The third-order valence-corrected chi connectivity index (χ3v) is 5.00. The van der Waals surface area contributed by atoms with Crippen molar-refractivity contribution in [1.29, 1.82) is 0 Å². The quantitative estimate of drug-likeness (QED) is 0.808. The molecule has 1 aliphatic heterocycles. The molecule has 0 bridgehead atoms. The van der Waals surface area contributed by atoms with Crippen LogP contribution in [0.25, 0.3) is 11.1 Å². The van der Waals surface area contributed by atoms with Crippen LogP contribution in [-0.2, 0) is 9.53 Å². The molecule has 2 amide bonds. The number of amides is 2. The van der Waals surface area contributed by atoms with Crippen molar-refractivity contribution >= 4 is 17.7 Å². The smallest absolute Gasteiger partial charge is 0.411 e. The summed E-state index contributed by atoms with van der Waals surface area (Å²) in [5.41, 5.74) is 1.17. The predicted molar refractivity (Wildman–Crippen MR) is 111 cm³/mol. The highest BCUT2D eigenvalue weighted by Crippen LogP contribution is 2.34. The molecule has 1 aliphatic rings. The Kier molecular flexibility index (Phi) is 5.45. The van der Waals surface area contributed by atoms with Gasteiger partial charge in [-0.2, -0.15) is 0 Å². The second kappa shape index (κ2) is 7.66. The van der Waals surface area contributed by atoms with E-state index in [-0.39, 0.29) is 5.91 Å². The largest absolute Gasteiger partial charge is 0.444 e. The average Bonchev–Trinajstić information content (AvgIpc) is 3.05. The summed E-state index contributed by atoms with van der Waals surface area (Å²) in [5.74, 6) is -0.195. The zero-order valence-corrected chi connectivity index (χ0v) is 17.0. The van der Waals surface area contributed by atoms with E-state index in [9.17, 15) is 9.59 Å². The first-order valence-electron chi connectivity index (χ1n) is 9.67. The second-order valence-electron chi connectivity index (χ2n) is 8.38. The number of nitrogens with zero attached hydrogens (tertiary/aromatic N) is 1. The highest BCUT2D eigenvalue weighted by Gasteiger charge is 2.47. The Labute approximate surface area is 166 Å². The van der Waals surface area contributed by atoms with Crippen LogP contribution in [0.1, 0.15) is 40.5 Å². The van der Waals surface area contributed by atoms with Gasteiger partial charge in [0.1, 0.15) is 11.1 Å². The Morgan fingerprint density at radius 3 is 2.36 bits per heavy atom. The number of hydrogen-bond acceptors (Lipinski definition) is 3. The summed E-state index contributed by atoms with van der Waals surface area (Å²) < 4.78 is 5.52. The number of carbonyl (C=O) groups is 2. The molecule has 1 heterocycles. The number of likely N-dealkylation sites (tertiary alicyclic amines) is 1.